The van der Waals surface area contributed by atoms with Crippen molar-refractivity contribution in [2.45, 2.75) is 39.7 Å². The Morgan fingerprint density at radius 1 is 1.29 bits per heavy atom. The lowest BCUT2D eigenvalue weighted by molar-refractivity contribution is -0.135. The predicted molar refractivity (Wildman–Crippen MR) is 92.1 cm³/mol. The summed E-state index contributed by atoms with van der Waals surface area (Å²) in [5.74, 6) is 0.246. The van der Waals surface area contributed by atoms with Crippen LogP contribution >= 0.6 is 12.4 Å². The molecule has 1 aromatic rings. The summed E-state index contributed by atoms with van der Waals surface area (Å²) in [7, 11) is 3.81. The number of amides is 1. The lowest BCUT2D eigenvalue weighted by Crippen LogP contribution is -2.43. The predicted octanol–water partition coefficient (Wildman–Crippen LogP) is 3.05. The van der Waals surface area contributed by atoms with Crippen molar-refractivity contribution in [2.75, 3.05) is 20.6 Å². The molecule has 21 heavy (non-hydrogen) atoms. The van der Waals surface area contributed by atoms with E-state index in [0.29, 0.717) is 0 Å². The van der Waals surface area contributed by atoms with E-state index in [9.17, 15) is 4.79 Å². The highest BCUT2D eigenvalue weighted by molar-refractivity contribution is 5.85. The summed E-state index contributed by atoms with van der Waals surface area (Å²) in [4.78, 5) is 14.3. The summed E-state index contributed by atoms with van der Waals surface area (Å²) in [6.45, 7) is 6.94. The second kappa shape index (κ2) is 9.80. The van der Waals surface area contributed by atoms with Gasteiger partial charge in [-0.2, -0.15) is 0 Å². The number of halogens is 1. The van der Waals surface area contributed by atoms with Gasteiger partial charge in [0, 0.05) is 25.6 Å². The number of hydrogen-bond acceptors (Lipinski definition) is 2. The van der Waals surface area contributed by atoms with Gasteiger partial charge in [-0.25, -0.2) is 0 Å². The SMILES string of the molecule is CCC(Cc1ccc(C)cc1)N(C)C(=O)C(C)CNC.Cl. The van der Waals surface area contributed by atoms with Crippen molar-refractivity contribution in [2.24, 2.45) is 5.92 Å². The van der Waals surface area contributed by atoms with Crippen LogP contribution < -0.4 is 5.32 Å². The zero-order chi connectivity index (χ0) is 15.1. The minimum Gasteiger partial charge on any atom is -0.342 e. The topological polar surface area (TPSA) is 32.3 Å². The van der Waals surface area contributed by atoms with Crippen LogP contribution in [0.3, 0.4) is 0 Å². The number of carbonyl (C=O) groups is 1. The van der Waals surface area contributed by atoms with E-state index in [1.165, 1.54) is 11.1 Å². The summed E-state index contributed by atoms with van der Waals surface area (Å²) in [6.07, 6.45) is 1.90. The maximum Gasteiger partial charge on any atom is 0.226 e. The van der Waals surface area contributed by atoms with Crippen LogP contribution in [0.5, 0.6) is 0 Å². The minimum absolute atomic E-state index is 0. The molecular formula is C17H29ClN2O. The molecule has 0 aliphatic carbocycles. The fourth-order valence-corrected chi connectivity index (χ4v) is 2.47. The largest absolute Gasteiger partial charge is 0.342 e. The number of benzene rings is 1. The highest BCUT2D eigenvalue weighted by atomic mass is 35.5. The number of aryl methyl sites for hydroxylation is 1. The van der Waals surface area contributed by atoms with Crippen LogP contribution in [0.15, 0.2) is 24.3 Å². The van der Waals surface area contributed by atoms with Gasteiger partial charge < -0.3 is 10.2 Å². The first-order valence-electron chi connectivity index (χ1n) is 7.46. The van der Waals surface area contributed by atoms with Gasteiger partial charge in [0.2, 0.25) is 5.91 Å². The number of carbonyl (C=O) groups excluding carboxylic acids is 1. The van der Waals surface area contributed by atoms with Crippen molar-refractivity contribution in [1.82, 2.24) is 10.2 Å². The Kier molecular flexibility index (Phi) is 9.31. The fraction of sp³-hybridized carbons (Fsp3) is 0.588. The van der Waals surface area contributed by atoms with Crippen molar-refractivity contribution in [3.05, 3.63) is 35.4 Å². The molecule has 3 nitrogen and oxygen atoms in total. The molecule has 0 aliphatic rings. The zero-order valence-corrected chi connectivity index (χ0v) is 14.7. The van der Waals surface area contributed by atoms with E-state index in [4.69, 9.17) is 0 Å². The molecule has 2 atom stereocenters. The van der Waals surface area contributed by atoms with Crippen LogP contribution in [0.25, 0.3) is 0 Å². The van der Waals surface area contributed by atoms with Crippen LogP contribution in [0.1, 0.15) is 31.4 Å². The van der Waals surface area contributed by atoms with E-state index in [2.05, 4.69) is 43.4 Å². The van der Waals surface area contributed by atoms with Crippen molar-refractivity contribution in [3.63, 3.8) is 0 Å². The average Bonchev–Trinajstić information content (AvgIpc) is 2.45. The molecule has 1 aromatic carbocycles. The highest BCUT2D eigenvalue weighted by Gasteiger charge is 2.22. The first-order chi connectivity index (χ1) is 9.49. The Hall–Kier alpha value is -1.06. The number of nitrogens with one attached hydrogen (secondary N) is 1. The molecule has 1 amide bonds. The Balaban J connectivity index is 0.00000400. The normalized spacial score (nSPS) is 13.2. The molecule has 0 radical (unpaired) electrons. The summed E-state index contributed by atoms with van der Waals surface area (Å²) >= 11 is 0. The second-order valence-corrected chi connectivity index (χ2v) is 5.66. The van der Waals surface area contributed by atoms with Crippen LogP contribution in [-0.2, 0) is 11.2 Å². The van der Waals surface area contributed by atoms with Crippen LogP contribution in [0, 0.1) is 12.8 Å². The van der Waals surface area contributed by atoms with E-state index in [1.807, 2.05) is 25.9 Å². The van der Waals surface area contributed by atoms with Gasteiger partial charge in [0.05, 0.1) is 0 Å². The van der Waals surface area contributed by atoms with E-state index < -0.39 is 0 Å². The van der Waals surface area contributed by atoms with Gasteiger partial charge in [-0.3, -0.25) is 4.79 Å². The Labute approximate surface area is 135 Å². The number of likely N-dealkylation sites (N-methyl/N-ethyl adjacent to an activating group) is 1. The number of rotatable bonds is 7. The van der Waals surface area contributed by atoms with Gasteiger partial charge >= 0.3 is 0 Å². The van der Waals surface area contributed by atoms with Gasteiger partial charge in [-0.15, -0.1) is 12.4 Å². The van der Waals surface area contributed by atoms with Gasteiger partial charge in [0.15, 0.2) is 0 Å². The summed E-state index contributed by atoms with van der Waals surface area (Å²) in [5, 5.41) is 3.07. The average molecular weight is 313 g/mol. The molecule has 0 bridgehead atoms. The van der Waals surface area contributed by atoms with Crippen LogP contribution in [0.4, 0.5) is 0 Å². The Morgan fingerprint density at radius 3 is 2.33 bits per heavy atom. The van der Waals surface area contributed by atoms with Crippen LogP contribution in [0.2, 0.25) is 0 Å². The molecule has 0 aromatic heterocycles. The first kappa shape index (κ1) is 19.9. The number of hydrogen-bond donors (Lipinski definition) is 1. The summed E-state index contributed by atoms with van der Waals surface area (Å²) in [5.41, 5.74) is 2.57. The number of nitrogens with zero attached hydrogens (tertiary/aromatic N) is 1. The molecule has 0 spiro atoms. The molecule has 1 N–H and O–H groups in total. The third kappa shape index (κ3) is 6.06. The van der Waals surface area contributed by atoms with Crippen molar-refractivity contribution >= 4 is 18.3 Å². The van der Waals surface area contributed by atoms with E-state index in [0.717, 1.165) is 19.4 Å². The maximum absolute atomic E-state index is 12.4. The monoisotopic (exact) mass is 312 g/mol. The highest BCUT2D eigenvalue weighted by Crippen LogP contribution is 2.14. The third-order valence-electron chi connectivity index (χ3n) is 3.89. The van der Waals surface area contributed by atoms with Crippen molar-refractivity contribution in [1.29, 1.82) is 0 Å². The van der Waals surface area contributed by atoms with Gasteiger partial charge in [0.1, 0.15) is 0 Å². The molecular weight excluding hydrogens is 284 g/mol. The van der Waals surface area contributed by atoms with Crippen molar-refractivity contribution in [3.8, 4) is 0 Å². The molecule has 0 fully saturated rings. The molecule has 0 saturated heterocycles. The summed E-state index contributed by atoms with van der Waals surface area (Å²) in [6, 6.07) is 8.85. The van der Waals surface area contributed by atoms with E-state index in [1.54, 1.807) is 0 Å². The molecule has 0 heterocycles. The Bertz CT molecular complexity index is 419. The quantitative estimate of drug-likeness (QED) is 0.839. The molecule has 0 aliphatic heterocycles. The minimum atomic E-state index is 0. The molecule has 0 saturated carbocycles. The van der Waals surface area contributed by atoms with Gasteiger partial charge in [-0.1, -0.05) is 43.7 Å². The lowest BCUT2D eigenvalue weighted by atomic mass is 10.0. The standard InChI is InChI=1S/C17H28N2O.ClH/c1-6-16(11-15-9-7-13(2)8-10-15)19(5)17(20)14(3)12-18-4;/h7-10,14,16,18H,6,11-12H2,1-5H3;1H. The first-order valence-corrected chi connectivity index (χ1v) is 7.46. The third-order valence-corrected chi connectivity index (χ3v) is 3.89. The van der Waals surface area contributed by atoms with Gasteiger partial charge in [0.25, 0.3) is 0 Å². The second-order valence-electron chi connectivity index (χ2n) is 5.66. The molecule has 1 rings (SSSR count). The maximum atomic E-state index is 12.4. The van der Waals surface area contributed by atoms with Gasteiger partial charge in [-0.05, 0) is 32.4 Å². The Morgan fingerprint density at radius 2 is 1.86 bits per heavy atom. The molecule has 2 unspecified atom stereocenters. The molecule has 4 heteroatoms. The fourth-order valence-electron chi connectivity index (χ4n) is 2.47. The summed E-state index contributed by atoms with van der Waals surface area (Å²) < 4.78 is 0. The zero-order valence-electron chi connectivity index (χ0n) is 13.8. The van der Waals surface area contributed by atoms with E-state index in [-0.39, 0.29) is 30.3 Å². The smallest absolute Gasteiger partial charge is 0.226 e. The van der Waals surface area contributed by atoms with E-state index >= 15 is 0 Å². The molecule has 120 valence electrons. The van der Waals surface area contributed by atoms with Crippen molar-refractivity contribution < 1.29 is 4.79 Å². The van der Waals surface area contributed by atoms with Crippen LogP contribution in [-0.4, -0.2) is 37.5 Å². The lowest BCUT2D eigenvalue weighted by Gasteiger charge is -2.30.